The summed E-state index contributed by atoms with van der Waals surface area (Å²) >= 11 is 1.82. The van der Waals surface area contributed by atoms with Gasteiger partial charge >= 0.3 is 0 Å². The monoisotopic (exact) mass is 195 g/mol. The van der Waals surface area contributed by atoms with Crippen LogP contribution in [0, 0.1) is 5.41 Å². The SMILES string of the molecule is CC1(C)CCC(c2nccs2)CC1. The summed E-state index contributed by atoms with van der Waals surface area (Å²) in [6, 6.07) is 0. The van der Waals surface area contributed by atoms with Gasteiger partial charge in [0.2, 0.25) is 0 Å². The highest BCUT2D eigenvalue weighted by molar-refractivity contribution is 7.09. The third-order valence-corrected chi connectivity index (χ3v) is 4.08. The van der Waals surface area contributed by atoms with Crippen molar-refractivity contribution in [3.63, 3.8) is 0 Å². The van der Waals surface area contributed by atoms with Crippen molar-refractivity contribution < 1.29 is 0 Å². The molecule has 0 N–H and O–H groups in total. The Kier molecular flexibility index (Phi) is 2.41. The number of rotatable bonds is 1. The summed E-state index contributed by atoms with van der Waals surface area (Å²) in [5.41, 5.74) is 0.577. The van der Waals surface area contributed by atoms with Crippen molar-refractivity contribution in [1.29, 1.82) is 0 Å². The lowest BCUT2D eigenvalue weighted by atomic mass is 9.73. The van der Waals surface area contributed by atoms with Gasteiger partial charge in [0.25, 0.3) is 0 Å². The van der Waals surface area contributed by atoms with Gasteiger partial charge in [-0.05, 0) is 31.1 Å². The van der Waals surface area contributed by atoms with Crippen LogP contribution in [0.4, 0.5) is 0 Å². The Hall–Kier alpha value is -0.370. The predicted octanol–water partition coefficient (Wildman–Crippen LogP) is 3.83. The van der Waals surface area contributed by atoms with Crippen molar-refractivity contribution in [3.05, 3.63) is 16.6 Å². The van der Waals surface area contributed by atoms with Crippen molar-refractivity contribution in [1.82, 2.24) is 4.98 Å². The number of nitrogens with zero attached hydrogens (tertiary/aromatic N) is 1. The van der Waals surface area contributed by atoms with Crippen LogP contribution >= 0.6 is 11.3 Å². The first-order chi connectivity index (χ1) is 6.17. The molecule has 1 saturated carbocycles. The second kappa shape index (κ2) is 3.41. The van der Waals surface area contributed by atoms with Gasteiger partial charge in [-0.2, -0.15) is 0 Å². The molecule has 0 bridgehead atoms. The van der Waals surface area contributed by atoms with Gasteiger partial charge < -0.3 is 0 Å². The highest BCUT2D eigenvalue weighted by atomic mass is 32.1. The lowest BCUT2D eigenvalue weighted by molar-refractivity contribution is 0.224. The Morgan fingerprint density at radius 3 is 2.62 bits per heavy atom. The van der Waals surface area contributed by atoms with Gasteiger partial charge in [-0.1, -0.05) is 13.8 Å². The quantitative estimate of drug-likeness (QED) is 0.663. The smallest absolute Gasteiger partial charge is 0.0955 e. The lowest BCUT2D eigenvalue weighted by Crippen LogP contribution is -2.20. The van der Waals surface area contributed by atoms with Crippen LogP contribution in [0.25, 0.3) is 0 Å². The fourth-order valence-corrected chi connectivity index (χ4v) is 2.89. The maximum absolute atomic E-state index is 4.41. The number of hydrogen-bond donors (Lipinski definition) is 0. The molecule has 0 unspecified atom stereocenters. The maximum atomic E-state index is 4.41. The van der Waals surface area contributed by atoms with Crippen molar-refractivity contribution in [3.8, 4) is 0 Å². The van der Waals surface area contributed by atoms with Crippen LogP contribution in [0.5, 0.6) is 0 Å². The Labute approximate surface area is 84.2 Å². The molecule has 2 heteroatoms. The van der Waals surface area contributed by atoms with Crippen LogP contribution in [0.1, 0.15) is 50.5 Å². The lowest BCUT2D eigenvalue weighted by Gasteiger charge is -2.33. The minimum Gasteiger partial charge on any atom is -0.249 e. The van der Waals surface area contributed by atoms with E-state index in [2.05, 4.69) is 24.2 Å². The molecule has 1 aromatic rings. The van der Waals surface area contributed by atoms with E-state index in [4.69, 9.17) is 0 Å². The Morgan fingerprint density at radius 2 is 2.08 bits per heavy atom. The van der Waals surface area contributed by atoms with E-state index in [1.807, 2.05) is 17.5 Å². The molecular formula is C11H17NS. The van der Waals surface area contributed by atoms with Gasteiger partial charge in [0.1, 0.15) is 0 Å². The minimum atomic E-state index is 0.577. The molecular weight excluding hydrogens is 178 g/mol. The molecule has 1 fully saturated rings. The fraction of sp³-hybridized carbons (Fsp3) is 0.727. The average molecular weight is 195 g/mol. The summed E-state index contributed by atoms with van der Waals surface area (Å²) in [6.45, 7) is 4.76. The zero-order valence-electron chi connectivity index (χ0n) is 8.42. The summed E-state index contributed by atoms with van der Waals surface area (Å²) in [5, 5.41) is 3.45. The second-order valence-electron chi connectivity index (χ2n) is 4.81. The highest BCUT2D eigenvalue weighted by Crippen LogP contribution is 2.42. The first-order valence-corrected chi connectivity index (χ1v) is 5.95. The molecule has 0 spiro atoms. The van der Waals surface area contributed by atoms with Gasteiger partial charge in [-0.3, -0.25) is 0 Å². The van der Waals surface area contributed by atoms with Crippen molar-refractivity contribution in [2.75, 3.05) is 0 Å². The predicted molar refractivity (Wildman–Crippen MR) is 57.1 cm³/mol. The summed E-state index contributed by atoms with van der Waals surface area (Å²) in [6.07, 6.45) is 7.31. The largest absolute Gasteiger partial charge is 0.249 e. The van der Waals surface area contributed by atoms with E-state index in [1.54, 1.807) is 0 Å². The van der Waals surface area contributed by atoms with Gasteiger partial charge in [0, 0.05) is 17.5 Å². The third-order valence-electron chi connectivity index (χ3n) is 3.14. The van der Waals surface area contributed by atoms with E-state index in [0.717, 1.165) is 5.92 Å². The minimum absolute atomic E-state index is 0.577. The molecule has 1 nitrogen and oxygen atoms in total. The van der Waals surface area contributed by atoms with Crippen LogP contribution in [0.2, 0.25) is 0 Å². The van der Waals surface area contributed by atoms with Gasteiger partial charge in [-0.15, -0.1) is 11.3 Å². The molecule has 1 aliphatic carbocycles. The van der Waals surface area contributed by atoms with E-state index in [-0.39, 0.29) is 0 Å². The molecule has 2 rings (SSSR count). The summed E-state index contributed by atoms with van der Waals surface area (Å²) in [5.74, 6) is 0.757. The Balaban J connectivity index is 1.99. The molecule has 13 heavy (non-hydrogen) atoms. The molecule has 1 heterocycles. The summed E-state index contributed by atoms with van der Waals surface area (Å²) < 4.78 is 0. The topological polar surface area (TPSA) is 12.9 Å². The molecule has 0 aliphatic heterocycles. The zero-order chi connectivity index (χ0) is 9.31. The number of thiazole rings is 1. The van der Waals surface area contributed by atoms with E-state index < -0.39 is 0 Å². The normalized spacial score (nSPS) is 23.2. The molecule has 0 aromatic carbocycles. The van der Waals surface area contributed by atoms with Gasteiger partial charge in [0.15, 0.2) is 0 Å². The average Bonchev–Trinajstić information content (AvgIpc) is 2.56. The zero-order valence-corrected chi connectivity index (χ0v) is 9.23. The number of hydrogen-bond acceptors (Lipinski definition) is 2. The van der Waals surface area contributed by atoms with Crippen molar-refractivity contribution >= 4 is 11.3 Å². The Bertz CT molecular complexity index is 254. The maximum Gasteiger partial charge on any atom is 0.0955 e. The van der Waals surface area contributed by atoms with Gasteiger partial charge in [0.05, 0.1) is 5.01 Å². The van der Waals surface area contributed by atoms with E-state index in [0.29, 0.717) is 5.41 Å². The van der Waals surface area contributed by atoms with Crippen LogP contribution < -0.4 is 0 Å². The van der Waals surface area contributed by atoms with E-state index >= 15 is 0 Å². The molecule has 1 aliphatic rings. The van der Waals surface area contributed by atoms with Crippen LogP contribution in [-0.4, -0.2) is 4.98 Å². The fourth-order valence-electron chi connectivity index (χ4n) is 2.08. The number of aromatic nitrogens is 1. The van der Waals surface area contributed by atoms with Crippen molar-refractivity contribution in [2.45, 2.75) is 45.4 Å². The summed E-state index contributed by atoms with van der Waals surface area (Å²) in [4.78, 5) is 4.41. The van der Waals surface area contributed by atoms with E-state index in [9.17, 15) is 0 Å². The highest BCUT2D eigenvalue weighted by Gasteiger charge is 2.28. The molecule has 0 radical (unpaired) electrons. The Morgan fingerprint density at radius 1 is 1.38 bits per heavy atom. The second-order valence-corrected chi connectivity index (χ2v) is 5.73. The van der Waals surface area contributed by atoms with Crippen LogP contribution in [0.15, 0.2) is 11.6 Å². The van der Waals surface area contributed by atoms with Crippen LogP contribution in [0.3, 0.4) is 0 Å². The molecule has 0 atom stereocenters. The van der Waals surface area contributed by atoms with Gasteiger partial charge in [-0.25, -0.2) is 4.98 Å². The first-order valence-electron chi connectivity index (χ1n) is 5.07. The van der Waals surface area contributed by atoms with Crippen LogP contribution in [-0.2, 0) is 0 Å². The third kappa shape index (κ3) is 2.11. The van der Waals surface area contributed by atoms with E-state index in [1.165, 1.54) is 30.7 Å². The molecule has 0 saturated heterocycles. The summed E-state index contributed by atoms with van der Waals surface area (Å²) in [7, 11) is 0. The van der Waals surface area contributed by atoms with Crippen molar-refractivity contribution in [2.24, 2.45) is 5.41 Å². The first kappa shape index (κ1) is 9.20. The molecule has 0 amide bonds. The molecule has 72 valence electrons. The molecule has 1 aromatic heterocycles. The standard InChI is InChI=1S/C11H17NS/c1-11(2)5-3-9(4-6-11)10-12-7-8-13-10/h7-9H,3-6H2,1-2H3.